The highest BCUT2D eigenvalue weighted by Gasteiger charge is 2.25. The SMILES string of the molecule is [B]c1ccc(Nc2c(C(=O)O)cn(CC3CC3)c(=O)c2C)c(F)c1. The van der Waals surface area contributed by atoms with Crippen molar-refractivity contribution in [2.45, 2.75) is 26.3 Å². The van der Waals surface area contributed by atoms with Crippen LogP contribution in [0.15, 0.2) is 29.2 Å². The van der Waals surface area contributed by atoms with E-state index in [0.29, 0.717) is 12.5 Å². The van der Waals surface area contributed by atoms with E-state index in [9.17, 15) is 19.1 Å². The molecule has 1 aliphatic rings. The molecule has 1 fully saturated rings. The second-order valence-electron chi connectivity index (χ2n) is 6.11. The standard InChI is InChI=1S/C17H16BFN2O3/c1-9-15(20-14-5-4-11(18)6-13(14)19)12(17(23)24)8-21(16(9)22)7-10-2-3-10/h4-6,8,10,20H,2-3,7H2,1H3,(H,23,24). The molecule has 1 aromatic carbocycles. The van der Waals surface area contributed by atoms with Crippen LogP contribution in [0.4, 0.5) is 15.8 Å². The maximum Gasteiger partial charge on any atom is 0.339 e. The Balaban J connectivity index is 2.06. The molecule has 0 amide bonds. The van der Waals surface area contributed by atoms with Gasteiger partial charge in [-0.2, -0.15) is 0 Å². The maximum absolute atomic E-state index is 14.0. The number of carbonyl (C=O) groups is 1. The van der Waals surface area contributed by atoms with Gasteiger partial charge in [0.15, 0.2) is 0 Å². The summed E-state index contributed by atoms with van der Waals surface area (Å²) in [7, 11) is 5.51. The minimum Gasteiger partial charge on any atom is -0.478 e. The second kappa shape index (κ2) is 6.15. The molecular weight excluding hydrogens is 310 g/mol. The summed E-state index contributed by atoms with van der Waals surface area (Å²) in [6, 6.07) is 4.04. The van der Waals surface area contributed by atoms with E-state index in [1.165, 1.54) is 29.8 Å². The van der Waals surface area contributed by atoms with Gasteiger partial charge in [0.25, 0.3) is 5.56 Å². The molecule has 0 unspecified atom stereocenters. The summed E-state index contributed by atoms with van der Waals surface area (Å²) >= 11 is 0. The molecule has 122 valence electrons. The van der Waals surface area contributed by atoms with Crippen LogP contribution in [-0.2, 0) is 6.54 Å². The van der Waals surface area contributed by atoms with E-state index >= 15 is 0 Å². The summed E-state index contributed by atoms with van der Waals surface area (Å²) in [4.78, 5) is 24.1. The van der Waals surface area contributed by atoms with Crippen LogP contribution in [0.3, 0.4) is 0 Å². The van der Waals surface area contributed by atoms with E-state index in [4.69, 9.17) is 7.85 Å². The molecule has 1 aromatic heterocycles. The van der Waals surface area contributed by atoms with Gasteiger partial charge in [0.05, 0.1) is 16.9 Å². The number of nitrogens with zero attached hydrogens (tertiary/aromatic N) is 1. The number of halogens is 1. The van der Waals surface area contributed by atoms with Crippen LogP contribution in [-0.4, -0.2) is 23.5 Å². The molecule has 2 aromatic rings. The van der Waals surface area contributed by atoms with E-state index in [0.717, 1.165) is 18.9 Å². The highest BCUT2D eigenvalue weighted by Crippen LogP contribution is 2.31. The van der Waals surface area contributed by atoms with Crippen LogP contribution in [0.25, 0.3) is 0 Å². The van der Waals surface area contributed by atoms with Crippen molar-refractivity contribution in [2.24, 2.45) is 5.92 Å². The van der Waals surface area contributed by atoms with Crippen molar-refractivity contribution < 1.29 is 14.3 Å². The third-order valence-electron chi connectivity index (χ3n) is 4.15. The van der Waals surface area contributed by atoms with Gasteiger partial charge in [0, 0.05) is 18.3 Å². The fourth-order valence-electron chi connectivity index (χ4n) is 2.61. The van der Waals surface area contributed by atoms with Crippen molar-refractivity contribution in [3.05, 3.63) is 51.7 Å². The largest absolute Gasteiger partial charge is 0.478 e. The Kier molecular flexibility index (Phi) is 4.17. The molecule has 0 spiro atoms. The lowest BCUT2D eigenvalue weighted by Crippen LogP contribution is -2.26. The lowest BCUT2D eigenvalue weighted by Gasteiger charge is -2.16. The molecule has 0 saturated heterocycles. The van der Waals surface area contributed by atoms with E-state index in [1.807, 2.05) is 0 Å². The first-order chi connectivity index (χ1) is 11.4. The molecular formula is C17H16BFN2O3. The molecule has 1 saturated carbocycles. The van der Waals surface area contributed by atoms with Gasteiger partial charge in [-0.3, -0.25) is 4.79 Å². The Morgan fingerprint density at radius 1 is 1.46 bits per heavy atom. The topological polar surface area (TPSA) is 71.3 Å². The Bertz CT molecular complexity index is 875. The summed E-state index contributed by atoms with van der Waals surface area (Å²) in [6.45, 7) is 2.05. The van der Waals surface area contributed by atoms with Gasteiger partial charge in [0.1, 0.15) is 13.7 Å². The molecule has 0 bridgehead atoms. The monoisotopic (exact) mass is 326 g/mol. The summed E-state index contributed by atoms with van der Waals surface area (Å²) in [5, 5.41) is 12.2. The first kappa shape index (κ1) is 16.3. The number of benzene rings is 1. The zero-order valence-electron chi connectivity index (χ0n) is 13.2. The number of carboxylic acid groups (broad SMARTS) is 1. The van der Waals surface area contributed by atoms with Crippen LogP contribution in [0, 0.1) is 18.7 Å². The fourth-order valence-corrected chi connectivity index (χ4v) is 2.61. The zero-order valence-corrected chi connectivity index (χ0v) is 13.2. The predicted octanol–water partition coefficient (Wildman–Crippen LogP) is 1.94. The van der Waals surface area contributed by atoms with E-state index in [2.05, 4.69) is 5.32 Å². The molecule has 2 N–H and O–H groups in total. The predicted molar refractivity (Wildman–Crippen MR) is 90.2 cm³/mol. The number of nitrogens with one attached hydrogen (secondary N) is 1. The number of rotatable bonds is 5. The molecule has 1 heterocycles. The molecule has 0 atom stereocenters. The van der Waals surface area contributed by atoms with Gasteiger partial charge >= 0.3 is 5.97 Å². The van der Waals surface area contributed by atoms with Gasteiger partial charge < -0.3 is 15.0 Å². The molecule has 0 aliphatic heterocycles. The van der Waals surface area contributed by atoms with E-state index < -0.39 is 11.8 Å². The summed E-state index contributed by atoms with van der Waals surface area (Å²) in [5.41, 5.74) is 0.325. The van der Waals surface area contributed by atoms with E-state index in [1.54, 1.807) is 0 Å². The van der Waals surface area contributed by atoms with Crippen LogP contribution in [0.5, 0.6) is 0 Å². The van der Waals surface area contributed by atoms with Crippen molar-refractivity contribution in [2.75, 3.05) is 5.32 Å². The molecule has 24 heavy (non-hydrogen) atoms. The average molecular weight is 326 g/mol. The number of hydrogen-bond donors (Lipinski definition) is 2. The quantitative estimate of drug-likeness (QED) is 0.824. The lowest BCUT2D eigenvalue weighted by atomic mass is 9.96. The first-order valence-corrected chi connectivity index (χ1v) is 7.66. The molecule has 3 rings (SSSR count). The number of pyridine rings is 1. The molecule has 1 aliphatic carbocycles. The Morgan fingerprint density at radius 3 is 2.75 bits per heavy atom. The van der Waals surface area contributed by atoms with Gasteiger partial charge in [-0.1, -0.05) is 11.5 Å². The lowest BCUT2D eigenvalue weighted by molar-refractivity contribution is 0.0696. The molecule has 2 radical (unpaired) electrons. The van der Waals surface area contributed by atoms with Crippen molar-refractivity contribution in [3.8, 4) is 0 Å². The number of aromatic carboxylic acids is 1. The Morgan fingerprint density at radius 2 is 2.17 bits per heavy atom. The van der Waals surface area contributed by atoms with Crippen molar-refractivity contribution in [3.63, 3.8) is 0 Å². The summed E-state index contributed by atoms with van der Waals surface area (Å²) in [5.74, 6) is -1.37. The van der Waals surface area contributed by atoms with Gasteiger partial charge in [0.2, 0.25) is 0 Å². The highest BCUT2D eigenvalue weighted by molar-refractivity contribution is 6.32. The van der Waals surface area contributed by atoms with Crippen LogP contribution in [0.2, 0.25) is 0 Å². The number of carboxylic acids is 1. The first-order valence-electron chi connectivity index (χ1n) is 7.66. The van der Waals surface area contributed by atoms with Crippen molar-refractivity contribution >= 4 is 30.7 Å². The number of hydrogen-bond acceptors (Lipinski definition) is 3. The second-order valence-corrected chi connectivity index (χ2v) is 6.11. The van der Waals surface area contributed by atoms with Gasteiger partial charge in [-0.25, -0.2) is 9.18 Å². The third kappa shape index (κ3) is 3.20. The van der Waals surface area contributed by atoms with Gasteiger partial charge in [-0.15, -0.1) is 0 Å². The normalized spacial score (nSPS) is 13.8. The van der Waals surface area contributed by atoms with Crippen LogP contribution >= 0.6 is 0 Å². The van der Waals surface area contributed by atoms with Crippen LogP contribution in [0.1, 0.15) is 28.8 Å². The maximum atomic E-state index is 14.0. The Labute approximate surface area is 139 Å². The average Bonchev–Trinajstić information content (AvgIpc) is 3.32. The summed E-state index contributed by atoms with van der Waals surface area (Å²) < 4.78 is 15.4. The molecule has 7 heteroatoms. The zero-order chi connectivity index (χ0) is 17.4. The number of anilines is 2. The fraction of sp³-hybridized carbons (Fsp3) is 0.294. The van der Waals surface area contributed by atoms with E-state index in [-0.39, 0.29) is 33.5 Å². The minimum atomic E-state index is -1.18. The third-order valence-corrected chi connectivity index (χ3v) is 4.15. The van der Waals surface area contributed by atoms with Gasteiger partial charge in [-0.05, 0) is 37.8 Å². The van der Waals surface area contributed by atoms with Crippen molar-refractivity contribution in [1.82, 2.24) is 4.57 Å². The smallest absolute Gasteiger partial charge is 0.339 e. The van der Waals surface area contributed by atoms with Crippen molar-refractivity contribution in [1.29, 1.82) is 0 Å². The molecule has 5 nitrogen and oxygen atoms in total. The summed E-state index contributed by atoms with van der Waals surface area (Å²) in [6.07, 6.45) is 3.42. The Hall–Kier alpha value is -2.57. The van der Waals surface area contributed by atoms with Crippen LogP contribution < -0.4 is 16.3 Å². The highest BCUT2D eigenvalue weighted by atomic mass is 19.1. The number of aromatic nitrogens is 1. The minimum absolute atomic E-state index is 0.0640.